The van der Waals surface area contributed by atoms with Gasteiger partial charge < -0.3 is 19.5 Å². The molecule has 0 aliphatic carbocycles. The first-order valence-electron chi connectivity index (χ1n) is 6.75. The minimum atomic E-state index is -0.514. The molecule has 19 heavy (non-hydrogen) atoms. The molecule has 0 rings (SSSR count). The smallest absolute Gasteiger partial charge is 0.410 e. The summed E-state index contributed by atoms with van der Waals surface area (Å²) in [4.78, 5) is 13.8. The predicted molar refractivity (Wildman–Crippen MR) is 75.2 cm³/mol. The number of rotatable bonds is 7. The molecule has 0 aromatic carbocycles. The highest BCUT2D eigenvalue weighted by molar-refractivity contribution is 5.68. The molecule has 5 nitrogen and oxygen atoms in total. The summed E-state index contributed by atoms with van der Waals surface area (Å²) in [6.07, 6.45) is 0.499. The molecular weight excluding hydrogens is 246 g/mol. The van der Waals surface area contributed by atoms with Crippen molar-refractivity contribution in [2.45, 2.75) is 46.6 Å². The standard InChI is InChI=1S/C14H29NO4/c1-7-8-15(12(17)19-13(2,3)4)9-14(5,10-16)11-18-6/h16H,7-11H2,1-6H3. The molecular formula is C14H29NO4. The van der Waals surface area contributed by atoms with Gasteiger partial charge in [0.15, 0.2) is 0 Å². The van der Waals surface area contributed by atoms with Gasteiger partial charge in [-0.05, 0) is 27.2 Å². The Hall–Kier alpha value is -0.810. The number of hydrogen-bond donors (Lipinski definition) is 1. The number of ether oxygens (including phenoxy) is 2. The molecule has 0 radical (unpaired) electrons. The Morgan fingerprint density at radius 3 is 2.21 bits per heavy atom. The van der Waals surface area contributed by atoms with Crippen LogP contribution in [-0.2, 0) is 9.47 Å². The first-order chi connectivity index (χ1) is 8.67. The fourth-order valence-corrected chi connectivity index (χ4v) is 1.78. The molecule has 0 heterocycles. The Kier molecular flexibility index (Phi) is 7.37. The van der Waals surface area contributed by atoms with Crippen LogP contribution in [0.15, 0.2) is 0 Å². The van der Waals surface area contributed by atoms with Crippen molar-refractivity contribution in [1.29, 1.82) is 0 Å². The third kappa shape index (κ3) is 7.38. The zero-order valence-corrected chi connectivity index (χ0v) is 13.2. The van der Waals surface area contributed by atoms with Gasteiger partial charge in [-0.1, -0.05) is 13.8 Å². The third-order valence-corrected chi connectivity index (χ3v) is 2.59. The average molecular weight is 275 g/mol. The molecule has 0 aliphatic heterocycles. The topological polar surface area (TPSA) is 59.0 Å². The van der Waals surface area contributed by atoms with Crippen molar-refractivity contribution in [3.8, 4) is 0 Å². The second kappa shape index (κ2) is 7.70. The van der Waals surface area contributed by atoms with Crippen molar-refractivity contribution in [3.63, 3.8) is 0 Å². The van der Waals surface area contributed by atoms with E-state index in [1.165, 1.54) is 0 Å². The van der Waals surface area contributed by atoms with E-state index >= 15 is 0 Å². The number of aliphatic hydroxyl groups excluding tert-OH is 1. The molecule has 114 valence electrons. The van der Waals surface area contributed by atoms with E-state index in [2.05, 4.69) is 0 Å². The first kappa shape index (κ1) is 18.2. The Morgan fingerprint density at radius 1 is 1.26 bits per heavy atom. The van der Waals surface area contributed by atoms with Gasteiger partial charge in [-0.25, -0.2) is 4.79 Å². The molecule has 1 N–H and O–H groups in total. The van der Waals surface area contributed by atoms with Gasteiger partial charge in [0.1, 0.15) is 5.60 Å². The van der Waals surface area contributed by atoms with E-state index in [1.54, 1.807) is 12.0 Å². The Labute approximate surface area is 116 Å². The summed E-state index contributed by atoms with van der Waals surface area (Å²) in [7, 11) is 1.59. The Bertz CT molecular complexity index is 275. The van der Waals surface area contributed by atoms with E-state index < -0.39 is 11.0 Å². The minimum Gasteiger partial charge on any atom is -0.444 e. The summed E-state index contributed by atoms with van der Waals surface area (Å²) in [5.74, 6) is 0. The second-order valence-corrected chi connectivity index (χ2v) is 6.30. The number of methoxy groups -OCH3 is 1. The number of aliphatic hydroxyl groups is 1. The quantitative estimate of drug-likeness (QED) is 0.774. The minimum absolute atomic E-state index is 0.0378. The molecule has 0 aliphatic rings. The highest BCUT2D eigenvalue weighted by Gasteiger charge is 2.30. The molecule has 0 saturated carbocycles. The van der Waals surface area contributed by atoms with Gasteiger partial charge in [0, 0.05) is 25.6 Å². The Balaban J connectivity index is 4.76. The number of hydrogen-bond acceptors (Lipinski definition) is 4. The molecule has 0 aromatic rings. The predicted octanol–water partition coefficient (Wildman–Crippen LogP) is 2.28. The van der Waals surface area contributed by atoms with Crippen LogP contribution in [0.1, 0.15) is 41.0 Å². The molecule has 1 amide bonds. The molecule has 1 unspecified atom stereocenters. The van der Waals surface area contributed by atoms with Gasteiger partial charge in [-0.3, -0.25) is 0 Å². The van der Waals surface area contributed by atoms with Gasteiger partial charge in [-0.15, -0.1) is 0 Å². The fraction of sp³-hybridized carbons (Fsp3) is 0.929. The average Bonchev–Trinajstić information content (AvgIpc) is 2.26. The fourth-order valence-electron chi connectivity index (χ4n) is 1.78. The Morgan fingerprint density at radius 2 is 1.84 bits per heavy atom. The maximum Gasteiger partial charge on any atom is 0.410 e. The van der Waals surface area contributed by atoms with Crippen LogP contribution in [0.4, 0.5) is 4.79 Å². The van der Waals surface area contributed by atoms with E-state index in [9.17, 15) is 9.90 Å². The van der Waals surface area contributed by atoms with E-state index in [4.69, 9.17) is 9.47 Å². The summed E-state index contributed by atoms with van der Waals surface area (Å²) in [5.41, 5.74) is -0.985. The molecule has 5 heteroatoms. The highest BCUT2D eigenvalue weighted by Crippen LogP contribution is 2.20. The zero-order chi connectivity index (χ0) is 15.1. The lowest BCUT2D eigenvalue weighted by Gasteiger charge is -2.34. The van der Waals surface area contributed by atoms with Crippen LogP contribution in [0.3, 0.4) is 0 Å². The zero-order valence-electron chi connectivity index (χ0n) is 13.2. The van der Waals surface area contributed by atoms with Gasteiger partial charge in [-0.2, -0.15) is 0 Å². The number of nitrogens with zero attached hydrogens (tertiary/aromatic N) is 1. The van der Waals surface area contributed by atoms with E-state index in [0.717, 1.165) is 6.42 Å². The monoisotopic (exact) mass is 275 g/mol. The van der Waals surface area contributed by atoms with E-state index in [-0.39, 0.29) is 12.7 Å². The number of amides is 1. The maximum atomic E-state index is 12.1. The number of carbonyl (C=O) groups is 1. The second-order valence-electron chi connectivity index (χ2n) is 6.30. The molecule has 0 saturated heterocycles. The van der Waals surface area contributed by atoms with Crippen molar-refractivity contribution in [2.75, 3.05) is 33.4 Å². The summed E-state index contributed by atoms with van der Waals surface area (Å²) < 4.78 is 10.5. The van der Waals surface area contributed by atoms with E-state index in [0.29, 0.717) is 19.7 Å². The maximum absolute atomic E-state index is 12.1. The van der Waals surface area contributed by atoms with Crippen molar-refractivity contribution in [2.24, 2.45) is 5.41 Å². The van der Waals surface area contributed by atoms with Crippen LogP contribution in [0.25, 0.3) is 0 Å². The van der Waals surface area contributed by atoms with Crippen molar-refractivity contribution < 1.29 is 19.4 Å². The van der Waals surface area contributed by atoms with Crippen molar-refractivity contribution >= 4 is 6.09 Å². The summed E-state index contributed by atoms with van der Waals surface area (Å²) >= 11 is 0. The van der Waals surface area contributed by atoms with Gasteiger partial charge in [0.2, 0.25) is 0 Å². The number of carbonyl (C=O) groups excluding carboxylic acids is 1. The molecule has 1 atom stereocenters. The molecule has 0 aromatic heterocycles. The van der Waals surface area contributed by atoms with Crippen LogP contribution < -0.4 is 0 Å². The third-order valence-electron chi connectivity index (χ3n) is 2.59. The van der Waals surface area contributed by atoms with Crippen LogP contribution in [0, 0.1) is 5.41 Å². The normalized spacial score (nSPS) is 14.9. The van der Waals surface area contributed by atoms with Gasteiger partial charge in [0.05, 0.1) is 13.2 Å². The van der Waals surface area contributed by atoms with Crippen molar-refractivity contribution in [3.05, 3.63) is 0 Å². The molecule has 0 fully saturated rings. The van der Waals surface area contributed by atoms with Gasteiger partial charge >= 0.3 is 6.09 Å². The van der Waals surface area contributed by atoms with E-state index in [1.807, 2.05) is 34.6 Å². The van der Waals surface area contributed by atoms with Crippen LogP contribution in [0.5, 0.6) is 0 Å². The van der Waals surface area contributed by atoms with Crippen LogP contribution in [-0.4, -0.2) is 55.1 Å². The lowest BCUT2D eigenvalue weighted by Crippen LogP contribution is -2.46. The summed E-state index contributed by atoms with van der Waals surface area (Å²) in [5, 5.41) is 9.49. The SMILES string of the molecule is CCCN(CC(C)(CO)COC)C(=O)OC(C)(C)C. The summed E-state index contributed by atoms with van der Waals surface area (Å²) in [6, 6.07) is 0. The highest BCUT2D eigenvalue weighted by atomic mass is 16.6. The van der Waals surface area contributed by atoms with Crippen molar-refractivity contribution in [1.82, 2.24) is 4.90 Å². The lowest BCUT2D eigenvalue weighted by molar-refractivity contribution is -0.00840. The largest absolute Gasteiger partial charge is 0.444 e. The lowest BCUT2D eigenvalue weighted by atomic mass is 9.92. The molecule has 0 bridgehead atoms. The molecule has 0 spiro atoms. The van der Waals surface area contributed by atoms with Crippen LogP contribution >= 0.6 is 0 Å². The van der Waals surface area contributed by atoms with Gasteiger partial charge in [0.25, 0.3) is 0 Å². The first-order valence-corrected chi connectivity index (χ1v) is 6.75. The van der Waals surface area contributed by atoms with Crippen LogP contribution in [0.2, 0.25) is 0 Å². The summed E-state index contributed by atoms with van der Waals surface area (Å²) in [6.45, 7) is 10.8.